The third-order valence-corrected chi connectivity index (χ3v) is 25.8. The number of nitrogens with two attached hydrogens (primary N) is 3. The number of aromatic amines is 2. The molecule has 21 rings (SSSR count). The first-order chi connectivity index (χ1) is 65.8. The Morgan fingerprint density at radius 3 is 1.32 bits per heavy atom. The van der Waals surface area contributed by atoms with Crippen molar-refractivity contribution in [2.24, 2.45) is 0 Å². The Morgan fingerprint density at radius 1 is 0.445 bits per heavy atom. The highest BCUT2D eigenvalue weighted by Crippen LogP contribution is 2.38. The Balaban J connectivity index is 0.000000126. The van der Waals surface area contributed by atoms with Crippen molar-refractivity contribution in [2.45, 2.75) is 83.8 Å². The summed E-state index contributed by atoms with van der Waals surface area (Å²) in [5.74, 6) is 8.25. The molecule has 0 spiro atoms. The molecule has 34 nitrogen and oxygen atoms in total. The number of nitrogens with one attached hydrogen (secondary N) is 6. The summed E-state index contributed by atoms with van der Waals surface area (Å²) in [5, 5.41) is 49.1. The largest absolute Gasteiger partial charge is 0.497 e. The van der Waals surface area contributed by atoms with Crippen LogP contribution in [0.3, 0.4) is 0 Å². The number of methoxy groups -OCH3 is 2. The van der Waals surface area contributed by atoms with Crippen molar-refractivity contribution in [3.8, 4) is 41.8 Å². The zero-order valence-corrected chi connectivity index (χ0v) is 84.1. The van der Waals surface area contributed by atoms with Gasteiger partial charge in [-0.15, -0.1) is 6.42 Å². The molecule has 2 atom stereocenters. The van der Waals surface area contributed by atoms with E-state index in [1.54, 1.807) is 91.0 Å². The molecule has 692 valence electrons. The third kappa shape index (κ3) is 20.3. The number of hydrogen-bond donors (Lipinski definition) is 9. The van der Waals surface area contributed by atoms with E-state index in [1.807, 2.05) is 115 Å². The van der Waals surface area contributed by atoms with Crippen molar-refractivity contribution in [1.82, 2.24) is 80.8 Å². The molecule has 0 saturated carbocycles. The van der Waals surface area contributed by atoms with Crippen molar-refractivity contribution in [3.05, 3.63) is 273 Å². The fourth-order valence-corrected chi connectivity index (χ4v) is 18.3. The molecule has 137 heavy (non-hydrogen) atoms. The highest BCUT2D eigenvalue weighted by atomic mass is 127. The number of nitriles is 1. The lowest BCUT2D eigenvalue weighted by atomic mass is 9.99. The van der Waals surface area contributed by atoms with E-state index in [0.29, 0.717) is 92.6 Å². The molecular weight excluding hydrogens is 2320 g/mol. The zero-order chi connectivity index (χ0) is 97.6. The van der Waals surface area contributed by atoms with Gasteiger partial charge in [0.15, 0.2) is 34.6 Å². The van der Waals surface area contributed by atoms with Crippen LogP contribution in [0.4, 0.5) is 43.1 Å². The number of aryl methyl sites for hydroxylation is 3. The molecule has 11 heterocycles. The van der Waals surface area contributed by atoms with Gasteiger partial charge in [0.2, 0.25) is 5.54 Å². The number of terminal acetylenes is 1. The van der Waals surface area contributed by atoms with Gasteiger partial charge in [0, 0.05) is 94.2 Å². The van der Waals surface area contributed by atoms with Gasteiger partial charge in [0.05, 0.1) is 82.7 Å². The number of carbonyl (C=O) groups excluding carboxylic acids is 10. The molecule has 40 heteroatoms. The number of carbonyl (C=O) groups is 10. The van der Waals surface area contributed by atoms with Gasteiger partial charge in [-0.05, 0) is 301 Å². The molecule has 15 aromatic rings. The maximum absolute atomic E-state index is 13.1. The number of benzene rings is 10. The van der Waals surface area contributed by atoms with Crippen LogP contribution in [0.25, 0.3) is 54.5 Å². The highest BCUT2D eigenvalue weighted by Gasteiger charge is 2.50. The summed E-state index contributed by atoms with van der Waals surface area (Å²) in [4.78, 5) is 129. The van der Waals surface area contributed by atoms with Crippen molar-refractivity contribution in [2.75, 3.05) is 54.3 Å². The van der Waals surface area contributed by atoms with Crippen LogP contribution in [0.15, 0.2) is 194 Å². The number of imide groups is 4. The van der Waals surface area contributed by atoms with Crippen LogP contribution >= 0.6 is 113 Å². The smallest absolute Gasteiger partial charge is 0.323 e. The zero-order valence-electron chi connectivity index (χ0n) is 73.3. The van der Waals surface area contributed by atoms with E-state index < -0.39 is 40.8 Å². The Labute approximate surface area is 849 Å². The molecule has 0 unspecified atom stereocenters. The Hall–Kier alpha value is -14.2. The molecule has 12 N–H and O–H groups in total. The SMILES string of the molecule is C#C[C@]1(CN2Cc3ccc(OC)cc3C2=O)NC(=O)NC1=O.CCCn1nc(N)c2cc(C#C[C@]3(CN4Cc5ccc(OC)cc5C4=O)NC(=O)NC3=O)ccc21.CCCn1nc(N)c2cc(I)ccc21.CCCn1nc(N2C(=O)c3ccccc3C2=O)c2cc(I)ccc21.N#Cc1cc(I)ccc1F.Nc1n[nH]c2ccc(I)cc12.O=C1c2ccccc2C(=O)N1c1n[nH]c2ccc(I)cc12. The van der Waals surface area contributed by atoms with E-state index in [0.717, 1.165) is 120 Å². The lowest BCUT2D eigenvalue weighted by Crippen LogP contribution is -2.54. The number of rotatable bonds is 14. The second-order valence-electron chi connectivity index (χ2n) is 31.5. The Morgan fingerprint density at radius 2 is 0.854 bits per heavy atom. The molecule has 12 amide bonds. The molecule has 6 aliphatic heterocycles. The molecule has 0 aliphatic carbocycles. The third-order valence-electron chi connectivity index (χ3n) is 22.4. The van der Waals surface area contributed by atoms with Crippen molar-refractivity contribution < 1.29 is 61.8 Å². The topological polar surface area (TPSA) is 463 Å². The van der Waals surface area contributed by atoms with Gasteiger partial charge < -0.3 is 47.1 Å². The molecule has 6 aliphatic rings. The van der Waals surface area contributed by atoms with Gasteiger partial charge in [0.25, 0.3) is 47.3 Å². The highest BCUT2D eigenvalue weighted by molar-refractivity contribution is 14.1. The number of amides is 12. The number of ether oxygens (including phenoxy) is 2. The molecule has 10 aromatic carbocycles. The average Bonchev–Trinajstić information content (AvgIpc) is 1.59. The van der Waals surface area contributed by atoms with Crippen LogP contribution in [-0.4, -0.2) is 157 Å². The van der Waals surface area contributed by atoms with Gasteiger partial charge in [-0.1, -0.05) is 74.9 Å². The van der Waals surface area contributed by atoms with Crippen molar-refractivity contribution >= 4 is 256 Å². The van der Waals surface area contributed by atoms with Crippen LogP contribution < -0.4 is 57.7 Å². The summed E-state index contributed by atoms with van der Waals surface area (Å²) < 4.78 is 33.8. The number of aromatic nitrogens is 10. The van der Waals surface area contributed by atoms with Crippen LogP contribution in [0.5, 0.6) is 11.5 Å². The van der Waals surface area contributed by atoms with Crippen LogP contribution in [-0.2, 0) is 42.3 Å². The van der Waals surface area contributed by atoms with Gasteiger partial charge in [0.1, 0.15) is 23.4 Å². The van der Waals surface area contributed by atoms with Gasteiger partial charge >= 0.3 is 12.1 Å². The maximum Gasteiger partial charge on any atom is 0.323 e. The fraction of sp³-hybridized carbons (Fsp3) is 0.175. The van der Waals surface area contributed by atoms with E-state index in [4.69, 9.17) is 38.4 Å². The molecule has 2 saturated heterocycles. The normalized spacial score (nSPS) is 15.7. The molecular formula is C97H80FI5N22O12. The number of anilines is 5. The van der Waals surface area contributed by atoms with E-state index in [1.165, 1.54) is 48.2 Å². The first kappa shape index (κ1) is 97.4. The molecule has 5 aromatic heterocycles. The summed E-state index contributed by atoms with van der Waals surface area (Å²) in [6.45, 7) is 9.10. The van der Waals surface area contributed by atoms with E-state index in [2.05, 4.69) is 204 Å². The van der Waals surface area contributed by atoms with Crippen LogP contribution in [0, 0.1) is 59.2 Å². The number of fused-ring (bicyclic) bond motifs is 9. The number of nitrogen functional groups attached to an aromatic ring is 3. The predicted octanol–water partition coefficient (Wildman–Crippen LogP) is 15.0. The summed E-state index contributed by atoms with van der Waals surface area (Å²) >= 11 is 11.0. The molecule has 0 radical (unpaired) electrons. The Bertz CT molecular complexity index is 7570. The monoisotopic (exact) mass is 2400 g/mol. The minimum atomic E-state index is -1.59. The quantitative estimate of drug-likeness (QED) is 0.0211. The summed E-state index contributed by atoms with van der Waals surface area (Å²) in [7, 11) is 3.05. The first-order valence-corrected chi connectivity index (χ1v) is 47.6. The summed E-state index contributed by atoms with van der Waals surface area (Å²) in [6, 6.07) is 58.5. The van der Waals surface area contributed by atoms with Crippen molar-refractivity contribution in [3.63, 3.8) is 0 Å². The number of halogens is 6. The van der Waals surface area contributed by atoms with Crippen molar-refractivity contribution in [1.29, 1.82) is 5.26 Å². The minimum absolute atomic E-state index is 0.0864. The fourth-order valence-electron chi connectivity index (χ4n) is 15.8. The Kier molecular flexibility index (Phi) is 29.6. The van der Waals surface area contributed by atoms with E-state index >= 15 is 0 Å². The van der Waals surface area contributed by atoms with Gasteiger partial charge in [-0.2, -0.15) is 30.8 Å². The predicted molar refractivity (Wildman–Crippen MR) is 555 cm³/mol. The molecule has 2 fully saturated rings. The average molecular weight is 2400 g/mol. The lowest BCUT2D eigenvalue weighted by Gasteiger charge is -2.26. The van der Waals surface area contributed by atoms with E-state index in [9.17, 15) is 52.3 Å². The standard InChI is InChI=1S/C25H24N6O4.C18H14IN3O2.C15H8IN3O2.C15H13N3O4.C10H12IN3.C7H3FIN.C7H6IN3/c1-3-10-31-20-7-4-15(11-19(20)21(26)29-31)8-9-25(23(33)27-24(34)28-25)14-30-13-16-5-6-17(35-2)12-18(16)22(30)32;1-2-9-21-15-8-7-11(19)10-14(15)16(20-21)22-17(23)12-5-3-4-6-13(12)18(22)24;16-8-5-6-12-11(7-8)13(18-17-12)19-14(20)9-3-1-2-4-10(9)15(19)21;1-3-15(13(20)16-14(21)17-15)8-18-7-9-4-5-10(22-2)6-11(9)12(18)19;1-2-5-14-9-4-3-7(11)6-8(9)10(12)13-14;8-7-2-1-6(9)3-5(7)4-10;8-4-1-2-6-5(3-4)7(9)11-10-6/h4-7,11-12H,3,10,13-14H2,1-2H3,(H2,26,29)(H2,27,28,33,34);3-8,10H,2,9H2,1H3;1-7H,(H,17,18);1,4-6H,7-8H2,2H3,(H2,16,17,20,21);3-4,6H,2,5H2,1H3,(H2,12,13);1-3H;1-3H,(H3,9,10,11)/t25-;;;15-;;;/m1..1.../s1. The number of nitrogens with zero attached hydrogens (tertiary/aromatic N) is 13. The molecule has 0 bridgehead atoms. The first-order valence-electron chi connectivity index (χ1n) is 42.2. The van der Waals surface area contributed by atoms with Crippen LogP contribution in [0.2, 0.25) is 0 Å². The number of H-pyrrole nitrogens is 2. The van der Waals surface area contributed by atoms with Crippen LogP contribution in [0.1, 0.15) is 124 Å². The van der Waals surface area contributed by atoms with Gasteiger partial charge in [-0.3, -0.25) is 73.2 Å². The lowest BCUT2D eigenvalue weighted by molar-refractivity contribution is -0.123. The minimum Gasteiger partial charge on any atom is -0.497 e. The summed E-state index contributed by atoms with van der Waals surface area (Å²) in [6.07, 6.45) is 8.32. The van der Waals surface area contributed by atoms with E-state index in [-0.39, 0.29) is 54.1 Å². The number of urea groups is 2. The second kappa shape index (κ2) is 41.6. The summed E-state index contributed by atoms with van der Waals surface area (Å²) in [5.41, 5.74) is 24.2. The maximum atomic E-state index is 13.1. The number of hydrogen-bond acceptors (Lipinski definition) is 21. The van der Waals surface area contributed by atoms with Gasteiger partial charge in [-0.25, -0.2) is 23.8 Å². The second-order valence-corrected chi connectivity index (χ2v) is 37.7.